The second-order valence-corrected chi connectivity index (χ2v) is 3.69. The summed E-state index contributed by atoms with van der Waals surface area (Å²) in [5.74, 6) is -0.504. The molecule has 2 N–H and O–H groups in total. The highest BCUT2D eigenvalue weighted by atomic mass is 16.5. The first-order chi connectivity index (χ1) is 8.20. The molecule has 2 rings (SSSR count). The van der Waals surface area contributed by atoms with Crippen LogP contribution in [0.2, 0.25) is 0 Å². The van der Waals surface area contributed by atoms with Crippen LogP contribution < -0.4 is 4.90 Å². The Morgan fingerprint density at radius 3 is 2.94 bits per heavy atom. The molecule has 1 aliphatic heterocycles. The Kier molecular flexibility index (Phi) is 3.50. The summed E-state index contributed by atoms with van der Waals surface area (Å²) in [5, 5.41) is 17.7. The van der Waals surface area contributed by atoms with Crippen LogP contribution in [0.15, 0.2) is 12.4 Å². The number of morpholine rings is 1. The molecule has 0 saturated carbocycles. The van der Waals surface area contributed by atoms with E-state index in [0.29, 0.717) is 25.5 Å². The molecule has 1 fully saturated rings. The van der Waals surface area contributed by atoms with E-state index in [1.807, 2.05) is 4.90 Å². The average Bonchev–Trinajstić information content (AvgIpc) is 2.39. The summed E-state index contributed by atoms with van der Waals surface area (Å²) < 4.78 is 5.31. The molecule has 1 atom stereocenters. The Morgan fingerprint density at radius 1 is 1.53 bits per heavy atom. The van der Waals surface area contributed by atoms with E-state index in [1.165, 1.54) is 12.4 Å². The summed E-state index contributed by atoms with van der Waals surface area (Å²) in [5.41, 5.74) is -0.0827. The van der Waals surface area contributed by atoms with Gasteiger partial charge in [0.05, 0.1) is 31.7 Å². The van der Waals surface area contributed by atoms with Crippen molar-refractivity contribution in [1.82, 2.24) is 9.97 Å². The quantitative estimate of drug-likeness (QED) is 0.725. The number of hydrogen-bond acceptors (Lipinski definition) is 6. The molecule has 1 unspecified atom stereocenters. The molecule has 1 aromatic heterocycles. The fourth-order valence-corrected chi connectivity index (χ4v) is 1.63. The molecule has 0 spiro atoms. The minimum atomic E-state index is -1.10. The van der Waals surface area contributed by atoms with Crippen molar-refractivity contribution in [3.05, 3.63) is 18.1 Å². The number of rotatable bonds is 3. The minimum Gasteiger partial charge on any atom is -0.476 e. The molecule has 7 heteroatoms. The van der Waals surface area contributed by atoms with Gasteiger partial charge in [0.2, 0.25) is 0 Å². The van der Waals surface area contributed by atoms with Crippen LogP contribution >= 0.6 is 0 Å². The van der Waals surface area contributed by atoms with Crippen LogP contribution in [0.5, 0.6) is 0 Å². The Labute approximate surface area is 97.7 Å². The van der Waals surface area contributed by atoms with E-state index in [4.69, 9.17) is 14.9 Å². The van der Waals surface area contributed by atoms with Gasteiger partial charge in [-0.15, -0.1) is 0 Å². The Balaban J connectivity index is 2.08. The van der Waals surface area contributed by atoms with Crippen molar-refractivity contribution in [1.29, 1.82) is 0 Å². The number of carbonyl (C=O) groups is 1. The predicted molar refractivity (Wildman–Crippen MR) is 58.0 cm³/mol. The molecule has 1 aromatic rings. The van der Waals surface area contributed by atoms with Crippen molar-refractivity contribution < 1.29 is 19.7 Å². The van der Waals surface area contributed by atoms with Crippen molar-refractivity contribution in [2.24, 2.45) is 0 Å². The van der Waals surface area contributed by atoms with E-state index in [2.05, 4.69) is 9.97 Å². The largest absolute Gasteiger partial charge is 0.476 e. The third kappa shape index (κ3) is 2.69. The number of nitrogens with zero attached hydrogens (tertiary/aromatic N) is 3. The van der Waals surface area contributed by atoms with Gasteiger partial charge in [-0.05, 0) is 0 Å². The molecule has 1 aliphatic rings. The molecule has 0 aliphatic carbocycles. The number of aromatic nitrogens is 2. The van der Waals surface area contributed by atoms with Crippen LogP contribution in [0, 0.1) is 0 Å². The summed E-state index contributed by atoms with van der Waals surface area (Å²) in [4.78, 5) is 20.4. The Hall–Kier alpha value is -1.73. The van der Waals surface area contributed by atoms with Crippen LogP contribution in [0.4, 0.5) is 5.82 Å². The number of carboxylic acid groups (broad SMARTS) is 1. The number of ether oxygens (including phenoxy) is 1. The summed E-state index contributed by atoms with van der Waals surface area (Å²) in [6, 6.07) is 0. The number of hydrogen-bond donors (Lipinski definition) is 2. The SMILES string of the molecule is O=C(O)c1cnc(N2CCOC(CO)C2)cn1. The Morgan fingerprint density at radius 2 is 2.35 bits per heavy atom. The number of aromatic carboxylic acids is 1. The zero-order chi connectivity index (χ0) is 12.3. The maximum Gasteiger partial charge on any atom is 0.356 e. The van der Waals surface area contributed by atoms with Crippen LogP contribution in [0.3, 0.4) is 0 Å². The van der Waals surface area contributed by atoms with E-state index >= 15 is 0 Å². The van der Waals surface area contributed by atoms with E-state index < -0.39 is 5.97 Å². The van der Waals surface area contributed by atoms with Crippen LogP contribution in [-0.4, -0.2) is 58.6 Å². The lowest BCUT2D eigenvalue weighted by atomic mass is 10.3. The van der Waals surface area contributed by atoms with Gasteiger partial charge in [-0.25, -0.2) is 14.8 Å². The van der Waals surface area contributed by atoms with E-state index in [1.54, 1.807) is 0 Å². The summed E-state index contributed by atoms with van der Waals surface area (Å²) in [6.45, 7) is 1.64. The molecule has 0 amide bonds. The monoisotopic (exact) mass is 239 g/mol. The van der Waals surface area contributed by atoms with E-state index in [9.17, 15) is 4.79 Å². The van der Waals surface area contributed by atoms with Crippen LogP contribution in [-0.2, 0) is 4.74 Å². The molecule has 0 radical (unpaired) electrons. The summed E-state index contributed by atoms with van der Waals surface area (Å²) in [7, 11) is 0. The van der Waals surface area contributed by atoms with Gasteiger partial charge in [0.15, 0.2) is 5.69 Å². The standard InChI is InChI=1S/C10H13N3O4/c14-6-7-5-13(1-2-17-7)9-4-11-8(3-12-9)10(15)16/h3-4,7,14H,1-2,5-6H2,(H,15,16). The molecular formula is C10H13N3O4. The normalized spacial score (nSPS) is 20.3. The van der Waals surface area contributed by atoms with E-state index in [0.717, 1.165) is 0 Å². The average molecular weight is 239 g/mol. The van der Waals surface area contributed by atoms with Crippen molar-refractivity contribution in [3.63, 3.8) is 0 Å². The van der Waals surface area contributed by atoms with Crippen LogP contribution in [0.25, 0.3) is 0 Å². The third-order valence-corrected chi connectivity index (χ3v) is 2.52. The van der Waals surface area contributed by atoms with Gasteiger partial charge in [0.25, 0.3) is 0 Å². The number of aliphatic hydroxyl groups excluding tert-OH is 1. The molecule has 17 heavy (non-hydrogen) atoms. The minimum absolute atomic E-state index is 0.0445. The first-order valence-corrected chi connectivity index (χ1v) is 5.23. The topological polar surface area (TPSA) is 95.8 Å². The highest BCUT2D eigenvalue weighted by molar-refractivity contribution is 5.84. The maximum absolute atomic E-state index is 10.6. The Bertz CT molecular complexity index is 395. The summed E-state index contributed by atoms with van der Waals surface area (Å²) >= 11 is 0. The van der Waals surface area contributed by atoms with Crippen molar-refractivity contribution in [3.8, 4) is 0 Å². The van der Waals surface area contributed by atoms with Gasteiger partial charge in [0, 0.05) is 13.1 Å². The molecule has 1 saturated heterocycles. The van der Waals surface area contributed by atoms with Crippen molar-refractivity contribution in [2.75, 3.05) is 31.2 Å². The van der Waals surface area contributed by atoms with Gasteiger partial charge >= 0.3 is 5.97 Å². The first-order valence-electron chi connectivity index (χ1n) is 5.23. The van der Waals surface area contributed by atoms with Gasteiger partial charge in [-0.3, -0.25) is 0 Å². The molecule has 92 valence electrons. The zero-order valence-electron chi connectivity index (χ0n) is 9.11. The van der Waals surface area contributed by atoms with Crippen molar-refractivity contribution in [2.45, 2.75) is 6.10 Å². The van der Waals surface area contributed by atoms with E-state index in [-0.39, 0.29) is 18.4 Å². The lowest BCUT2D eigenvalue weighted by molar-refractivity contribution is 0.00334. The van der Waals surface area contributed by atoms with Crippen molar-refractivity contribution >= 4 is 11.8 Å². The number of aliphatic hydroxyl groups is 1. The summed E-state index contributed by atoms with van der Waals surface area (Å²) in [6.07, 6.45) is 2.41. The molecule has 0 bridgehead atoms. The lowest BCUT2D eigenvalue weighted by Gasteiger charge is -2.32. The van der Waals surface area contributed by atoms with Gasteiger partial charge in [0.1, 0.15) is 5.82 Å². The molecular weight excluding hydrogens is 226 g/mol. The fraction of sp³-hybridized carbons (Fsp3) is 0.500. The van der Waals surface area contributed by atoms with Gasteiger partial charge in [-0.1, -0.05) is 0 Å². The van der Waals surface area contributed by atoms with Gasteiger partial charge < -0.3 is 19.8 Å². The second kappa shape index (κ2) is 5.07. The predicted octanol–water partition coefficient (Wildman–Crippen LogP) is -0.628. The maximum atomic E-state index is 10.6. The highest BCUT2D eigenvalue weighted by Gasteiger charge is 2.21. The third-order valence-electron chi connectivity index (χ3n) is 2.52. The lowest BCUT2D eigenvalue weighted by Crippen LogP contribution is -2.44. The molecule has 0 aromatic carbocycles. The zero-order valence-corrected chi connectivity index (χ0v) is 9.11. The second-order valence-electron chi connectivity index (χ2n) is 3.69. The highest BCUT2D eigenvalue weighted by Crippen LogP contribution is 2.13. The van der Waals surface area contributed by atoms with Crippen LogP contribution in [0.1, 0.15) is 10.5 Å². The first kappa shape index (κ1) is 11.7. The van der Waals surface area contributed by atoms with Gasteiger partial charge in [-0.2, -0.15) is 0 Å². The molecule has 2 heterocycles. The number of carboxylic acids is 1. The molecule has 7 nitrogen and oxygen atoms in total. The number of anilines is 1. The fourth-order valence-electron chi connectivity index (χ4n) is 1.63. The smallest absolute Gasteiger partial charge is 0.356 e.